The number of rotatable bonds is 5. The van der Waals surface area contributed by atoms with Crippen molar-refractivity contribution in [3.63, 3.8) is 0 Å². The summed E-state index contributed by atoms with van der Waals surface area (Å²) in [6, 6.07) is 14.8. The highest BCUT2D eigenvalue weighted by Crippen LogP contribution is 2.24. The molecule has 0 bridgehead atoms. The van der Waals surface area contributed by atoms with E-state index in [1.165, 1.54) is 5.56 Å². The van der Waals surface area contributed by atoms with E-state index < -0.39 is 0 Å². The molecule has 2 atom stereocenters. The summed E-state index contributed by atoms with van der Waals surface area (Å²) in [5.41, 5.74) is 2.55. The van der Waals surface area contributed by atoms with Crippen LogP contribution < -0.4 is 0 Å². The molecule has 0 spiro atoms. The fourth-order valence-corrected chi connectivity index (χ4v) is 3.21. The van der Waals surface area contributed by atoms with E-state index in [4.69, 9.17) is 4.74 Å². The van der Waals surface area contributed by atoms with Gasteiger partial charge in [-0.15, -0.1) is 0 Å². The summed E-state index contributed by atoms with van der Waals surface area (Å²) < 4.78 is 6.24. The van der Waals surface area contributed by atoms with Crippen molar-refractivity contribution in [2.45, 2.75) is 25.6 Å². The SMILES string of the molecule is CN1CC[C@@H](OCc2cccnc2)[C@@H](Cc2ccccc2)C1. The van der Waals surface area contributed by atoms with Crippen molar-refractivity contribution in [1.29, 1.82) is 0 Å². The smallest absolute Gasteiger partial charge is 0.0735 e. The molecule has 2 heterocycles. The van der Waals surface area contributed by atoms with Crippen LogP contribution >= 0.6 is 0 Å². The van der Waals surface area contributed by atoms with E-state index in [1.807, 2.05) is 12.3 Å². The van der Waals surface area contributed by atoms with Crippen LogP contribution in [0.15, 0.2) is 54.9 Å². The van der Waals surface area contributed by atoms with E-state index in [9.17, 15) is 0 Å². The summed E-state index contributed by atoms with van der Waals surface area (Å²) in [7, 11) is 2.20. The Labute approximate surface area is 132 Å². The van der Waals surface area contributed by atoms with Crippen LogP contribution in [0.5, 0.6) is 0 Å². The molecule has 0 N–H and O–H groups in total. The van der Waals surface area contributed by atoms with Crippen molar-refractivity contribution in [1.82, 2.24) is 9.88 Å². The molecule has 3 nitrogen and oxygen atoms in total. The molecular formula is C19H24N2O. The molecule has 2 aromatic rings. The largest absolute Gasteiger partial charge is 0.373 e. The Morgan fingerprint density at radius 1 is 1.14 bits per heavy atom. The first-order valence-corrected chi connectivity index (χ1v) is 8.04. The van der Waals surface area contributed by atoms with Crippen LogP contribution in [0.4, 0.5) is 0 Å². The van der Waals surface area contributed by atoms with Gasteiger partial charge in [-0.25, -0.2) is 0 Å². The molecule has 1 saturated heterocycles. The van der Waals surface area contributed by atoms with Crippen LogP contribution in [-0.4, -0.2) is 36.1 Å². The summed E-state index contributed by atoms with van der Waals surface area (Å²) in [6.45, 7) is 2.88. The van der Waals surface area contributed by atoms with Gasteiger partial charge in [-0.1, -0.05) is 36.4 Å². The molecule has 0 amide bonds. The lowest BCUT2D eigenvalue weighted by atomic mass is 9.89. The maximum Gasteiger partial charge on any atom is 0.0735 e. The third-order valence-corrected chi connectivity index (χ3v) is 4.39. The first-order valence-electron chi connectivity index (χ1n) is 8.04. The molecule has 1 aliphatic rings. The van der Waals surface area contributed by atoms with Gasteiger partial charge in [0.25, 0.3) is 0 Å². The van der Waals surface area contributed by atoms with E-state index in [2.05, 4.69) is 53.3 Å². The number of aromatic nitrogens is 1. The Hall–Kier alpha value is -1.71. The van der Waals surface area contributed by atoms with Gasteiger partial charge < -0.3 is 9.64 Å². The van der Waals surface area contributed by atoms with Crippen molar-refractivity contribution >= 4 is 0 Å². The second-order valence-corrected chi connectivity index (χ2v) is 6.21. The highest BCUT2D eigenvalue weighted by atomic mass is 16.5. The van der Waals surface area contributed by atoms with E-state index in [-0.39, 0.29) is 0 Å². The van der Waals surface area contributed by atoms with Crippen LogP contribution in [0, 0.1) is 5.92 Å². The summed E-state index contributed by atoms with van der Waals surface area (Å²) in [5.74, 6) is 0.554. The van der Waals surface area contributed by atoms with E-state index >= 15 is 0 Å². The fraction of sp³-hybridized carbons (Fsp3) is 0.421. The molecule has 3 heteroatoms. The zero-order valence-corrected chi connectivity index (χ0v) is 13.2. The van der Waals surface area contributed by atoms with Crippen molar-refractivity contribution in [3.8, 4) is 0 Å². The molecule has 1 fully saturated rings. The maximum atomic E-state index is 6.24. The molecular weight excluding hydrogens is 272 g/mol. The number of ether oxygens (including phenoxy) is 1. The molecule has 0 aliphatic carbocycles. The van der Waals surface area contributed by atoms with Gasteiger partial charge in [0.05, 0.1) is 12.7 Å². The molecule has 0 unspecified atom stereocenters. The topological polar surface area (TPSA) is 25.4 Å². The lowest BCUT2D eigenvalue weighted by Gasteiger charge is -2.36. The van der Waals surface area contributed by atoms with Gasteiger partial charge in [-0.3, -0.25) is 4.98 Å². The van der Waals surface area contributed by atoms with E-state index in [0.717, 1.165) is 31.5 Å². The Balaban J connectivity index is 1.62. The first kappa shape index (κ1) is 15.2. The Kier molecular flexibility index (Phi) is 5.20. The van der Waals surface area contributed by atoms with Crippen LogP contribution in [0.2, 0.25) is 0 Å². The van der Waals surface area contributed by atoms with Crippen molar-refractivity contribution in [2.24, 2.45) is 5.92 Å². The van der Waals surface area contributed by atoms with Crippen LogP contribution in [0.3, 0.4) is 0 Å². The Morgan fingerprint density at radius 3 is 2.73 bits per heavy atom. The fourth-order valence-electron chi connectivity index (χ4n) is 3.21. The van der Waals surface area contributed by atoms with Gasteiger partial charge in [0.2, 0.25) is 0 Å². The van der Waals surface area contributed by atoms with Gasteiger partial charge in [0.15, 0.2) is 0 Å². The van der Waals surface area contributed by atoms with E-state index in [0.29, 0.717) is 18.6 Å². The summed E-state index contributed by atoms with van der Waals surface area (Å²) >= 11 is 0. The summed E-state index contributed by atoms with van der Waals surface area (Å²) in [6.07, 6.45) is 6.21. The normalized spacial score (nSPS) is 22.6. The zero-order valence-electron chi connectivity index (χ0n) is 13.2. The van der Waals surface area contributed by atoms with Gasteiger partial charge in [0, 0.05) is 31.4 Å². The van der Waals surface area contributed by atoms with Gasteiger partial charge in [0.1, 0.15) is 0 Å². The Morgan fingerprint density at radius 2 is 1.95 bits per heavy atom. The second kappa shape index (κ2) is 7.52. The molecule has 3 rings (SSSR count). The number of benzene rings is 1. The number of piperidine rings is 1. The van der Waals surface area contributed by atoms with Gasteiger partial charge in [-0.05, 0) is 37.1 Å². The molecule has 0 radical (unpaired) electrons. The van der Waals surface area contributed by atoms with E-state index in [1.54, 1.807) is 6.20 Å². The second-order valence-electron chi connectivity index (χ2n) is 6.21. The molecule has 1 aliphatic heterocycles. The molecule has 0 saturated carbocycles. The number of likely N-dealkylation sites (tertiary alicyclic amines) is 1. The van der Waals surface area contributed by atoms with Crippen molar-refractivity contribution in [3.05, 3.63) is 66.0 Å². The average Bonchev–Trinajstić information content (AvgIpc) is 2.56. The molecule has 1 aromatic heterocycles. The summed E-state index contributed by atoms with van der Waals surface area (Å²) in [4.78, 5) is 6.57. The third-order valence-electron chi connectivity index (χ3n) is 4.39. The predicted octanol–water partition coefficient (Wildman–Crippen LogP) is 3.16. The minimum atomic E-state index is 0.330. The highest BCUT2D eigenvalue weighted by molar-refractivity contribution is 5.16. The number of pyridine rings is 1. The van der Waals surface area contributed by atoms with Crippen LogP contribution in [0.25, 0.3) is 0 Å². The lowest BCUT2D eigenvalue weighted by molar-refractivity contribution is -0.0374. The molecule has 116 valence electrons. The highest BCUT2D eigenvalue weighted by Gasteiger charge is 2.28. The number of hydrogen-bond acceptors (Lipinski definition) is 3. The maximum absolute atomic E-state index is 6.24. The van der Waals surface area contributed by atoms with Crippen LogP contribution in [0.1, 0.15) is 17.5 Å². The quantitative estimate of drug-likeness (QED) is 0.847. The third kappa shape index (κ3) is 4.15. The standard InChI is InChI=1S/C19H24N2O/c1-21-11-9-19(22-15-17-8-5-10-20-13-17)18(14-21)12-16-6-3-2-4-7-16/h2-8,10,13,18-19H,9,11-12,14-15H2,1H3/t18-,19+/m0/s1. The van der Waals surface area contributed by atoms with Crippen molar-refractivity contribution in [2.75, 3.05) is 20.1 Å². The first-order chi connectivity index (χ1) is 10.8. The van der Waals surface area contributed by atoms with Gasteiger partial charge >= 0.3 is 0 Å². The molecule has 22 heavy (non-hydrogen) atoms. The van der Waals surface area contributed by atoms with Crippen molar-refractivity contribution < 1.29 is 4.74 Å². The monoisotopic (exact) mass is 296 g/mol. The zero-order chi connectivity index (χ0) is 15.2. The lowest BCUT2D eigenvalue weighted by Crippen LogP contribution is -2.43. The molecule has 1 aromatic carbocycles. The average molecular weight is 296 g/mol. The van der Waals surface area contributed by atoms with Gasteiger partial charge in [-0.2, -0.15) is 0 Å². The van der Waals surface area contributed by atoms with Crippen LogP contribution in [-0.2, 0) is 17.8 Å². The minimum absolute atomic E-state index is 0.330. The summed E-state index contributed by atoms with van der Waals surface area (Å²) in [5, 5.41) is 0. The number of hydrogen-bond donors (Lipinski definition) is 0. The minimum Gasteiger partial charge on any atom is -0.373 e. The number of nitrogens with zero attached hydrogens (tertiary/aromatic N) is 2. The predicted molar refractivity (Wildman–Crippen MR) is 88.6 cm³/mol. The Bertz CT molecular complexity index is 558.